The molecule has 0 spiro atoms. The van der Waals surface area contributed by atoms with Gasteiger partial charge in [-0.1, -0.05) is 32.1 Å². The number of nitrogens with two attached hydrogens (primary N) is 1. The average molecular weight is 806 g/mol. The highest BCUT2D eigenvalue weighted by atomic mass is 32.2. The van der Waals surface area contributed by atoms with Crippen LogP contribution >= 0.6 is 0 Å². The zero-order valence-electron chi connectivity index (χ0n) is 31.2. The van der Waals surface area contributed by atoms with Gasteiger partial charge in [0.25, 0.3) is 0 Å². The van der Waals surface area contributed by atoms with E-state index in [9.17, 15) is 45.2 Å². The number of benzene rings is 1. The Balaban J connectivity index is 0.000000607. The van der Waals surface area contributed by atoms with Gasteiger partial charge in [-0.3, -0.25) is 19.1 Å². The fourth-order valence-corrected chi connectivity index (χ4v) is 7.53. The molecule has 2 aliphatic carbocycles. The molecule has 13 nitrogen and oxygen atoms in total. The van der Waals surface area contributed by atoms with Gasteiger partial charge in [0.2, 0.25) is 39.7 Å². The van der Waals surface area contributed by atoms with Crippen LogP contribution in [0.4, 0.5) is 22.4 Å². The van der Waals surface area contributed by atoms with Gasteiger partial charge in [0, 0.05) is 34.7 Å². The summed E-state index contributed by atoms with van der Waals surface area (Å²) in [5, 5.41) is 4.26. The minimum atomic E-state index is -4.60. The number of amides is 4. The Morgan fingerprint density at radius 1 is 1.09 bits per heavy atom. The maximum Gasteiger partial charge on any atom is 0.427 e. The number of alkyl halides is 3. The first-order valence-electron chi connectivity index (χ1n) is 18.2. The molecule has 4 N–H and O–H groups in total. The van der Waals surface area contributed by atoms with E-state index in [1.807, 2.05) is 0 Å². The van der Waals surface area contributed by atoms with Gasteiger partial charge in [0.05, 0.1) is 11.8 Å². The molecule has 3 fully saturated rings. The summed E-state index contributed by atoms with van der Waals surface area (Å²) < 4.78 is 82.6. The van der Waals surface area contributed by atoms with Gasteiger partial charge in [0.1, 0.15) is 18.0 Å². The van der Waals surface area contributed by atoms with Crippen LogP contribution in [0.15, 0.2) is 42.6 Å². The molecular formula is C37H55F4N5O8S. The minimum absolute atomic E-state index is 0. The largest absolute Gasteiger partial charge is 0.472 e. The summed E-state index contributed by atoms with van der Waals surface area (Å²) >= 11 is 0. The van der Waals surface area contributed by atoms with Gasteiger partial charge in [-0.15, -0.1) is 0 Å². The Hall–Kier alpha value is -4.48. The highest BCUT2D eigenvalue weighted by Gasteiger charge is 2.50. The lowest BCUT2D eigenvalue weighted by Gasteiger charge is -2.26. The molecule has 6 atom stereocenters. The average Bonchev–Trinajstić information content (AvgIpc) is 4.01. The number of carbonyl (C=O) groups is 4. The quantitative estimate of drug-likeness (QED) is 0.179. The third kappa shape index (κ3) is 12.5. The van der Waals surface area contributed by atoms with Crippen molar-refractivity contribution in [3.8, 4) is 5.88 Å². The first kappa shape index (κ1) is 43.3. The van der Waals surface area contributed by atoms with Crippen molar-refractivity contribution < 1.29 is 58.9 Å². The fraction of sp³-hybridized carbons (Fsp3) is 0.595. The van der Waals surface area contributed by atoms with E-state index in [4.69, 9.17) is 4.74 Å². The van der Waals surface area contributed by atoms with Gasteiger partial charge in [-0.05, 0) is 93.7 Å². The van der Waals surface area contributed by atoms with Crippen LogP contribution in [0.5, 0.6) is 5.88 Å². The molecule has 1 saturated heterocycles. The van der Waals surface area contributed by atoms with Crippen LogP contribution in [0, 0.1) is 23.6 Å². The molecule has 310 valence electrons. The summed E-state index contributed by atoms with van der Waals surface area (Å²) in [7, 11) is -3.26. The number of allylic oxidation sites excluding steroid dienone is 1. The number of ether oxygens (including phenoxy) is 2. The number of carbonyl (C=O) groups excluding carboxylic acids is 4. The van der Waals surface area contributed by atoms with Crippen LogP contribution in [0.1, 0.15) is 83.3 Å². The molecule has 55 heavy (non-hydrogen) atoms. The molecule has 4 amide bonds. The topological polar surface area (TPSA) is 187 Å². The van der Waals surface area contributed by atoms with Crippen molar-refractivity contribution in [2.24, 2.45) is 23.5 Å². The van der Waals surface area contributed by atoms with E-state index in [1.54, 1.807) is 28.0 Å². The number of hydrogen-bond acceptors (Lipinski definition) is 9. The number of primary amides is 1. The molecule has 6 rings (SSSR count). The van der Waals surface area contributed by atoms with E-state index >= 15 is 0 Å². The Morgan fingerprint density at radius 3 is 2.42 bits per heavy atom. The number of fused-ring (bicyclic) bond motifs is 3. The van der Waals surface area contributed by atoms with Gasteiger partial charge in [-0.2, -0.15) is 13.2 Å². The van der Waals surface area contributed by atoms with Crippen molar-refractivity contribution in [2.45, 2.75) is 114 Å². The molecule has 0 bridgehead atoms. The smallest absolute Gasteiger partial charge is 0.427 e. The maximum atomic E-state index is 13.9. The molecule has 0 radical (unpaired) electrons. The molecule has 2 aromatic rings. The zero-order valence-corrected chi connectivity index (χ0v) is 32.0. The van der Waals surface area contributed by atoms with Crippen molar-refractivity contribution in [1.29, 1.82) is 0 Å². The van der Waals surface area contributed by atoms with Crippen LogP contribution in [-0.2, 0) is 29.1 Å². The standard InChI is InChI=1S/C28H34FN3O3.C5H8F3NO2.C4H7NO3S.3H2/c1-17-5-3-4-6-20-13-24(20)31-27(34)25-15-22(16-32(25)26(33)12-18(2)11-17)35-28-23-14-21(29)8-7-19(23)9-10-30-28;1-4(2,5(6,7)8)11-3(9)10;6-3-5-9(7,8)4-1-2-4;;;/h4,6-10,14,17-18,20,22,24-25H,3,5,11-13,15-16H2,1-2H3,(H,31,34);1-2H3,(H2,9,10);3-4H,1-2H2,(H,5,6);3*1H/b6-4-;;;;;/t17-,18-,20-,22-,24-,25+;;;;;/m1...../s1. The molecule has 4 aliphatic rings. The van der Waals surface area contributed by atoms with Crippen molar-refractivity contribution >= 4 is 45.1 Å². The Bertz CT molecular complexity index is 1860. The summed E-state index contributed by atoms with van der Waals surface area (Å²) in [5.41, 5.74) is 1.90. The summed E-state index contributed by atoms with van der Waals surface area (Å²) in [5.74, 6) is 1.02. The summed E-state index contributed by atoms with van der Waals surface area (Å²) in [4.78, 5) is 52.3. The van der Waals surface area contributed by atoms with Crippen LogP contribution in [-0.4, -0.2) is 84.4 Å². The molecule has 2 saturated carbocycles. The Labute approximate surface area is 322 Å². The van der Waals surface area contributed by atoms with Gasteiger partial charge >= 0.3 is 12.3 Å². The highest BCUT2D eigenvalue weighted by Crippen LogP contribution is 2.35. The SMILES string of the molecule is CC(C)(OC(N)=O)C(F)(F)F.C[C@@H]1CC/C=C\[C@@H]2C[C@H]2NC(=O)[C@@H]2C[C@@H](Oc3nccc4ccc(F)cc34)CN2C(=O)C[C@H](C)C1.O=CNS(=O)(=O)C1CC1.[HH].[HH].[HH]. The Morgan fingerprint density at radius 2 is 1.80 bits per heavy atom. The van der Waals surface area contributed by atoms with Crippen molar-refractivity contribution in [2.75, 3.05) is 6.54 Å². The Kier molecular flexibility index (Phi) is 14.1. The minimum Gasteiger partial charge on any atom is -0.472 e. The third-order valence-corrected chi connectivity index (χ3v) is 11.5. The van der Waals surface area contributed by atoms with E-state index in [0.29, 0.717) is 55.3 Å². The summed E-state index contributed by atoms with van der Waals surface area (Å²) in [6.07, 6.45) is 6.15. The van der Waals surface area contributed by atoms with E-state index in [-0.39, 0.29) is 51.6 Å². The lowest BCUT2D eigenvalue weighted by Crippen LogP contribution is -2.47. The van der Waals surface area contributed by atoms with Crippen LogP contribution in [0.25, 0.3) is 10.8 Å². The maximum absolute atomic E-state index is 13.9. The summed E-state index contributed by atoms with van der Waals surface area (Å²) in [6, 6.07) is 5.88. The monoisotopic (exact) mass is 805 g/mol. The molecule has 2 aliphatic heterocycles. The number of sulfonamides is 1. The first-order valence-corrected chi connectivity index (χ1v) is 19.7. The number of hydrogen-bond donors (Lipinski definition) is 3. The van der Waals surface area contributed by atoms with Gasteiger partial charge in [0.15, 0.2) is 0 Å². The van der Waals surface area contributed by atoms with Crippen LogP contribution in [0.2, 0.25) is 0 Å². The number of rotatable bonds is 6. The second kappa shape index (κ2) is 18.0. The molecule has 1 aromatic carbocycles. The van der Waals surface area contributed by atoms with Crippen molar-refractivity contribution in [3.05, 3.63) is 48.4 Å². The van der Waals surface area contributed by atoms with E-state index < -0.39 is 33.9 Å². The second-order valence-corrected chi connectivity index (χ2v) is 17.1. The molecule has 18 heteroatoms. The fourth-order valence-electron chi connectivity index (χ4n) is 6.45. The van der Waals surface area contributed by atoms with Gasteiger partial charge < -0.3 is 25.4 Å². The lowest BCUT2D eigenvalue weighted by molar-refractivity contribution is -0.243. The number of pyridine rings is 1. The zero-order chi connectivity index (χ0) is 40.7. The van der Waals surface area contributed by atoms with E-state index in [0.717, 1.165) is 44.9 Å². The normalized spacial score (nSPS) is 26.5. The number of halogens is 4. The third-order valence-electron chi connectivity index (χ3n) is 9.77. The van der Waals surface area contributed by atoms with E-state index in [1.165, 1.54) is 12.1 Å². The van der Waals surface area contributed by atoms with Crippen LogP contribution in [0.3, 0.4) is 0 Å². The number of aromatic nitrogens is 1. The predicted octanol–water partition coefficient (Wildman–Crippen LogP) is 6.01. The van der Waals surface area contributed by atoms with Gasteiger partial charge in [-0.25, -0.2) is 22.6 Å². The number of nitrogens with one attached hydrogen (secondary N) is 2. The molecule has 0 unspecified atom stereocenters. The van der Waals surface area contributed by atoms with E-state index in [2.05, 4.69) is 46.8 Å². The van der Waals surface area contributed by atoms with Crippen LogP contribution < -0.4 is 20.5 Å². The first-order chi connectivity index (χ1) is 25.7. The second-order valence-electron chi connectivity index (χ2n) is 15.1. The molecule has 1 aromatic heterocycles. The highest BCUT2D eigenvalue weighted by molar-refractivity contribution is 7.90. The molecular weight excluding hydrogens is 750 g/mol. The van der Waals surface area contributed by atoms with Crippen molar-refractivity contribution in [3.63, 3.8) is 0 Å². The number of nitrogens with zero attached hydrogens (tertiary/aromatic N) is 2. The molecule has 3 heterocycles. The predicted molar refractivity (Wildman–Crippen MR) is 200 cm³/mol. The summed E-state index contributed by atoms with van der Waals surface area (Å²) in [6.45, 7) is 6.13. The lowest BCUT2D eigenvalue weighted by atomic mass is 9.91. The van der Waals surface area contributed by atoms with Crippen molar-refractivity contribution in [1.82, 2.24) is 19.9 Å².